The van der Waals surface area contributed by atoms with Gasteiger partial charge in [0.2, 0.25) is 0 Å². The Morgan fingerprint density at radius 2 is 2.04 bits per heavy atom. The van der Waals surface area contributed by atoms with E-state index in [2.05, 4.69) is 31.3 Å². The van der Waals surface area contributed by atoms with E-state index in [0.717, 1.165) is 33.0 Å². The smallest absolute Gasteiger partial charge is 0.184 e. The second-order valence-corrected chi connectivity index (χ2v) is 6.77. The molecule has 0 radical (unpaired) electrons. The SMILES string of the molecule is Clc1nc(NCc2ccncc2)sc1Cc1c[nH]c2ncccc12. The molecular weight excluding hydrogens is 342 g/mol. The third-order valence-electron chi connectivity index (χ3n) is 3.73. The number of halogens is 1. The number of rotatable bonds is 5. The first-order valence-corrected chi connectivity index (χ1v) is 8.68. The van der Waals surface area contributed by atoms with Crippen LogP contribution in [0.1, 0.15) is 16.0 Å². The molecule has 24 heavy (non-hydrogen) atoms. The highest BCUT2D eigenvalue weighted by atomic mass is 35.5. The number of H-pyrrole nitrogens is 1. The average molecular weight is 356 g/mol. The lowest BCUT2D eigenvalue weighted by atomic mass is 10.1. The van der Waals surface area contributed by atoms with E-state index in [9.17, 15) is 0 Å². The highest BCUT2D eigenvalue weighted by Crippen LogP contribution is 2.31. The lowest BCUT2D eigenvalue weighted by Gasteiger charge is -2.01. The van der Waals surface area contributed by atoms with Crippen molar-refractivity contribution in [1.82, 2.24) is 19.9 Å². The van der Waals surface area contributed by atoms with E-state index in [1.165, 1.54) is 5.56 Å². The van der Waals surface area contributed by atoms with Crippen LogP contribution in [-0.4, -0.2) is 19.9 Å². The first-order chi connectivity index (χ1) is 11.8. The molecule has 2 N–H and O–H groups in total. The normalized spacial score (nSPS) is 11.0. The molecule has 0 bridgehead atoms. The number of thiazole rings is 1. The van der Waals surface area contributed by atoms with Crippen molar-refractivity contribution in [3.63, 3.8) is 0 Å². The van der Waals surface area contributed by atoms with Crippen molar-refractivity contribution in [3.05, 3.63) is 70.2 Å². The van der Waals surface area contributed by atoms with E-state index >= 15 is 0 Å². The molecule has 0 fully saturated rings. The molecule has 0 aliphatic carbocycles. The Hall–Kier alpha value is -2.44. The molecule has 4 aromatic rings. The van der Waals surface area contributed by atoms with Gasteiger partial charge in [-0.05, 0) is 35.4 Å². The number of fused-ring (bicyclic) bond motifs is 1. The Morgan fingerprint density at radius 3 is 2.92 bits per heavy atom. The minimum Gasteiger partial charge on any atom is -0.357 e. The average Bonchev–Trinajstić information content (AvgIpc) is 3.18. The standard InChI is InChI=1S/C17H14ClN5S/c18-15-14(8-12-10-21-16-13(12)2-1-5-20-16)24-17(23-15)22-9-11-3-6-19-7-4-11/h1-7,10H,8-9H2,(H,20,21)(H,22,23). The van der Waals surface area contributed by atoms with Gasteiger partial charge in [-0.1, -0.05) is 11.6 Å². The summed E-state index contributed by atoms with van der Waals surface area (Å²) in [7, 11) is 0. The monoisotopic (exact) mass is 355 g/mol. The number of nitrogens with one attached hydrogen (secondary N) is 2. The van der Waals surface area contributed by atoms with Crippen LogP contribution in [0.5, 0.6) is 0 Å². The maximum atomic E-state index is 6.32. The highest BCUT2D eigenvalue weighted by Gasteiger charge is 2.12. The summed E-state index contributed by atoms with van der Waals surface area (Å²) >= 11 is 7.90. The topological polar surface area (TPSA) is 66.5 Å². The summed E-state index contributed by atoms with van der Waals surface area (Å²) in [5.74, 6) is 0. The summed E-state index contributed by atoms with van der Waals surface area (Å²) in [5, 5.41) is 5.81. The molecule has 0 atom stereocenters. The van der Waals surface area contributed by atoms with Gasteiger partial charge in [0.1, 0.15) is 10.8 Å². The molecule has 0 aromatic carbocycles. The van der Waals surface area contributed by atoms with Crippen LogP contribution < -0.4 is 5.32 Å². The van der Waals surface area contributed by atoms with Crippen LogP contribution in [0.2, 0.25) is 5.15 Å². The summed E-state index contributed by atoms with van der Waals surface area (Å²) in [6, 6.07) is 7.95. The zero-order chi connectivity index (χ0) is 16.4. The molecule has 0 amide bonds. The fraction of sp³-hybridized carbons (Fsp3) is 0.118. The summed E-state index contributed by atoms with van der Waals surface area (Å²) in [6.45, 7) is 0.697. The Labute approximate surface area is 147 Å². The van der Waals surface area contributed by atoms with Crippen LogP contribution in [0, 0.1) is 0 Å². The minimum atomic E-state index is 0.551. The van der Waals surface area contributed by atoms with Gasteiger partial charge in [-0.25, -0.2) is 9.97 Å². The second kappa shape index (κ2) is 6.59. The van der Waals surface area contributed by atoms with Gasteiger partial charge in [0.25, 0.3) is 0 Å². The van der Waals surface area contributed by atoms with E-state index in [4.69, 9.17) is 11.6 Å². The van der Waals surface area contributed by atoms with Gasteiger partial charge in [-0.2, -0.15) is 0 Å². The second-order valence-electron chi connectivity index (χ2n) is 5.33. The Kier molecular flexibility index (Phi) is 4.15. The van der Waals surface area contributed by atoms with E-state index < -0.39 is 0 Å². The Balaban J connectivity index is 1.51. The first-order valence-electron chi connectivity index (χ1n) is 7.48. The van der Waals surface area contributed by atoms with Crippen LogP contribution in [-0.2, 0) is 13.0 Å². The third-order valence-corrected chi connectivity index (χ3v) is 5.17. The molecule has 4 rings (SSSR count). The zero-order valence-corrected chi connectivity index (χ0v) is 14.2. The molecule has 120 valence electrons. The van der Waals surface area contributed by atoms with Crippen LogP contribution >= 0.6 is 22.9 Å². The number of aromatic amines is 1. The van der Waals surface area contributed by atoms with Crippen LogP contribution in [0.4, 0.5) is 5.13 Å². The van der Waals surface area contributed by atoms with Crippen molar-refractivity contribution in [2.45, 2.75) is 13.0 Å². The summed E-state index contributed by atoms with van der Waals surface area (Å²) in [4.78, 5) is 17.0. The molecule has 0 aliphatic rings. The van der Waals surface area contributed by atoms with Gasteiger partial charge in [-0.3, -0.25) is 4.98 Å². The van der Waals surface area contributed by atoms with Gasteiger partial charge in [-0.15, -0.1) is 11.3 Å². The van der Waals surface area contributed by atoms with Crippen molar-refractivity contribution in [2.24, 2.45) is 0 Å². The lowest BCUT2D eigenvalue weighted by molar-refractivity contribution is 1.11. The quantitative estimate of drug-likeness (QED) is 0.561. The van der Waals surface area contributed by atoms with E-state index in [1.54, 1.807) is 29.9 Å². The summed E-state index contributed by atoms with van der Waals surface area (Å²) in [5.41, 5.74) is 3.22. The third kappa shape index (κ3) is 3.11. The van der Waals surface area contributed by atoms with Crippen LogP contribution in [0.25, 0.3) is 11.0 Å². The molecule has 0 aliphatic heterocycles. The molecular formula is C17H14ClN5S. The van der Waals surface area contributed by atoms with Gasteiger partial charge in [0, 0.05) is 43.1 Å². The van der Waals surface area contributed by atoms with Gasteiger partial charge in [0.05, 0.1) is 4.88 Å². The van der Waals surface area contributed by atoms with Crippen LogP contribution in [0.3, 0.4) is 0 Å². The summed E-state index contributed by atoms with van der Waals surface area (Å²) < 4.78 is 0. The van der Waals surface area contributed by atoms with Crippen molar-refractivity contribution < 1.29 is 0 Å². The van der Waals surface area contributed by atoms with Crippen molar-refractivity contribution in [1.29, 1.82) is 0 Å². The predicted molar refractivity (Wildman–Crippen MR) is 97.6 cm³/mol. The Bertz CT molecular complexity index is 963. The molecule has 4 heterocycles. The highest BCUT2D eigenvalue weighted by molar-refractivity contribution is 7.16. The first kappa shape index (κ1) is 15.1. The molecule has 0 spiro atoms. The van der Waals surface area contributed by atoms with Crippen molar-refractivity contribution in [3.8, 4) is 0 Å². The van der Waals surface area contributed by atoms with Crippen LogP contribution in [0.15, 0.2) is 49.1 Å². The van der Waals surface area contributed by atoms with E-state index in [-0.39, 0.29) is 0 Å². The molecule has 0 saturated heterocycles. The van der Waals surface area contributed by atoms with E-state index in [0.29, 0.717) is 11.7 Å². The molecule has 0 unspecified atom stereocenters. The maximum Gasteiger partial charge on any atom is 0.184 e. The number of hydrogen-bond acceptors (Lipinski definition) is 5. The minimum absolute atomic E-state index is 0.551. The number of anilines is 1. The number of nitrogens with zero attached hydrogens (tertiary/aromatic N) is 3. The van der Waals surface area contributed by atoms with Gasteiger partial charge in [0.15, 0.2) is 5.13 Å². The fourth-order valence-corrected chi connectivity index (χ4v) is 3.72. The molecule has 4 aromatic heterocycles. The predicted octanol–water partition coefficient (Wildman–Crippen LogP) is 4.27. The maximum absolute atomic E-state index is 6.32. The van der Waals surface area contributed by atoms with Gasteiger partial charge < -0.3 is 10.3 Å². The van der Waals surface area contributed by atoms with Crippen molar-refractivity contribution >= 4 is 39.1 Å². The summed E-state index contributed by atoms with van der Waals surface area (Å²) in [6.07, 6.45) is 8.06. The lowest BCUT2D eigenvalue weighted by Crippen LogP contribution is -1.98. The molecule has 7 heteroatoms. The van der Waals surface area contributed by atoms with E-state index in [1.807, 2.05) is 24.4 Å². The molecule has 0 saturated carbocycles. The molecule has 5 nitrogen and oxygen atoms in total. The van der Waals surface area contributed by atoms with Crippen molar-refractivity contribution in [2.75, 3.05) is 5.32 Å². The van der Waals surface area contributed by atoms with Gasteiger partial charge >= 0.3 is 0 Å². The largest absolute Gasteiger partial charge is 0.357 e. The number of pyridine rings is 2. The number of aromatic nitrogens is 4. The fourth-order valence-electron chi connectivity index (χ4n) is 2.53. The Morgan fingerprint density at radius 1 is 1.17 bits per heavy atom. The zero-order valence-electron chi connectivity index (χ0n) is 12.7. The number of hydrogen-bond donors (Lipinski definition) is 2.